The van der Waals surface area contributed by atoms with Gasteiger partial charge < -0.3 is 0 Å². The SMILES string of the molecule is CCCCCCc1cbc(CC)c(CC)c1CC. The van der Waals surface area contributed by atoms with Gasteiger partial charge in [-0.2, -0.15) is 0 Å². The van der Waals surface area contributed by atoms with Crippen LogP contribution in [0, 0.1) is 0 Å². The molecule has 0 amide bonds. The van der Waals surface area contributed by atoms with E-state index in [0.717, 1.165) is 0 Å². The molecule has 0 fully saturated rings. The molecule has 1 aromatic rings. The number of hydrogen-bond acceptors (Lipinski definition) is 0. The first-order chi connectivity index (χ1) is 8.78. The minimum atomic E-state index is 1.17. The van der Waals surface area contributed by atoms with Crippen LogP contribution in [0.15, 0.2) is 5.96 Å². The fraction of sp³-hybridized carbons (Fsp3) is 0.706. The van der Waals surface area contributed by atoms with Gasteiger partial charge in [0.2, 0.25) is 0 Å². The summed E-state index contributed by atoms with van der Waals surface area (Å²) >= 11 is 0. The molecule has 1 rings (SSSR count). The molecule has 0 nitrogen and oxygen atoms in total. The molecule has 0 saturated carbocycles. The third kappa shape index (κ3) is 3.97. The van der Waals surface area contributed by atoms with Crippen molar-refractivity contribution in [3.05, 3.63) is 28.1 Å². The molecule has 0 saturated heterocycles. The van der Waals surface area contributed by atoms with E-state index in [0.29, 0.717) is 0 Å². The topological polar surface area (TPSA) is 0 Å². The Bertz CT molecular complexity index is 355. The van der Waals surface area contributed by atoms with Crippen LogP contribution in [0.2, 0.25) is 0 Å². The second kappa shape index (κ2) is 8.51. The van der Waals surface area contributed by atoms with Crippen LogP contribution in [0.1, 0.15) is 75.5 Å². The van der Waals surface area contributed by atoms with Crippen LogP contribution < -0.4 is 0 Å². The number of hydrogen-bond donors (Lipinski definition) is 0. The molecule has 0 aliphatic heterocycles. The van der Waals surface area contributed by atoms with Crippen molar-refractivity contribution >= 4 is 6.91 Å². The van der Waals surface area contributed by atoms with Gasteiger partial charge >= 0.3 is 114 Å². The van der Waals surface area contributed by atoms with E-state index in [-0.39, 0.29) is 0 Å². The van der Waals surface area contributed by atoms with Gasteiger partial charge in [0.15, 0.2) is 0 Å². The molecule has 0 spiro atoms. The van der Waals surface area contributed by atoms with Crippen LogP contribution >= 0.6 is 0 Å². The zero-order chi connectivity index (χ0) is 13.4. The summed E-state index contributed by atoms with van der Waals surface area (Å²) in [4.78, 5) is 0. The summed E-state index contributed by atoms with van der Waals surface area (Å²) in [5.74, 6) is 2.39. The predicted octanol–water partition coefficient (Wildman–Crippen LogP) is 4.83. The van der Waals surface area contributed by atoms with E-state index in [1.807, 2.05) is 0 Å². The molecule has 1 heterocycles. The minimum absolute atomic E-state index is 1.17. The summed E-state index contributed by atoms with van der Waals surface area (Å²) in [6.45, 7) is 11.5. The van der Waals surface area contributed by atoms with Crippen LogP contribution in [0.3, 0.4) is 0 Å². The van der Waals surface area contributed by atoms with Crippen molar-refractivity contribution in [1.29, 1.82) is 0 Å². The molecule has 1 aromatic heterocycles. The number of unbranched alkanes of at least 4 members (excludes halogenated alkanes) is 3. The molecule has 0 N–H and O–H groups in total. The average molecular weight is 244 g/mol. The van der Waals surface area contributed by atoms with E-state index >= 15 is 0 Å². The Labute approximate surface area is 114 Å². The Morgan fingerprint density at radius 2 is 1.56 bits per heavy atom. The van der Waals surface area contributed by atoms with E-state index in [2.05, 4.69) is 40.6 Å². The van der Waals surface area contributed by atoms with Gasteiger partial charge in [-0.1, -0.05) is 0 Å². The first-order valence-electron chi connectivity index (χ1n) is 7.90. The monoisotopic (exact) mass is 244 g/mol. The summed E-state index contributed by atoms with van der Waals surface area (Å²) in [6.07, 6.45) is 10.3. The van der Waals surface area contributed by atoms with Gasteiger partial charge in [-0.15, -0.1) is 0 Å². The Morgan fingerprint density at radius 3 is 2.11 bits per heavy atom. The fourth-order valence-electron chi connectivity index (χ4n) is 2.98. The maximum atomic E-state index is 2.39. The Balaban J connectivity index is 2.84. The second-order valence-corrected chi connectivity index (χ2v) is 5.21. The standard InChI is InChI=1S/C17H29B/c1-5-9-10-11-12-14-13-18-17(8-4)16(7-3)15(14)6-2/h13H,5-12H2,1-4H3. The molecule has 18 heavy (non-hydrogen) atoms. The van der Waals surface area contributed by atoms with E-state index in [9.17, 15) is 0 Å². The summed E-state index contributed by atoms with van der Waals surface area (Å²) in [5, 5.41) is 0. The molecule has 1 heteroatoms. The molecular formula is C17H29B. The van der Waals surface area contributed by atoms with Gasteiger partial charge in [0.05, 0.1) is 0 Å². The third-order valence-electron chi connectivity index (χ3n) is 4.01. The summed E-state index contributed by atoms with van der Waals surface area (Å²) < 4.78 is 0. The molecule has 0 aliphatic rings. The van der Waals surface area contributed by atoms with Crippen molar-refractivity contribution in [3.8, 4) is 0 Å². The van der Waals surface area contributed by atoms with E-state index in [1.54, 1.807) is 22.1 Å². The van der Waals surface area contributed by atoms with Crippen LogP contribution in [0.25, 0.3) is 0 Å². The van der Waals surface area contributed by atoms with Gasteiger partial charge in [0, 0.05) is 0 Å². The van der Waals surface area contributed by atoms with Crippen molar-refractivity contribution in [2.75, 3.05) is 0 Å². The first kappa shape index (κ1) is 15.5. The zero-order valence-electron chi connectivity index (χ0n) is 12.8. The number of aryl methyl sites for hydroxylation is 2. The molecule has 0 unspecified atom stereocenters. The Kier molecular flexibility index (Phi) is 7.31. The molecule has 0 aliphatic carbocycles. The van der Waals surface area contributed by atoms with Crippen molar-refractivity contribution < 1.29 is 0 Å². The molecule has 0 atom stereocenters. The summed E-state index contributed by atoms with van der Waals surface area (Å²) in [6, 6.07) is 0. The van der Waals surface area contributed by atoms with Gasteiger partial charge in [-0.25, -0.2) is 0 Å². The van der Waals surface area contributed by atoms with E-state index in [4.69, 9.17) is 0 Å². The molecule has 0 bridgehead atoms. The number of rotatable bonds is 8. The maximum absolute atomic E-state index is 2.39. The molecule has 0 aromatic carbocycles. The van der Waals surface area contributed by atoms with Crippen LogP contribution in [-0.2, 0) is 25.7 Å². The van der Waals surface area contributed by atoms with Crippen molar-refractivity contribution in [3.63, 3.8) is 0 Å². The van der Waals surface area contributed by atoms with E-state index < -0.39 is 0 Å². The van der Waals surface area contributed by atoms with Gasteiger partial charge in [-0.05, 0) is 0 Å². The van der Waals surface area contributed by atoms with Crippen LogP contribution in [-0.4, -0.2) is 6.91 Å². The summed E-state index contributed by atoms with van der Waals surface area (Å²) in [5.41, 5.74) is 6.45. The fourth-order valence-corrected chi connectivity index (χ4v) is 2.98. The average Bonchev–Trinajstić information content (AvgIpc) is 2.42. The van der Waals surface area contributed by atoms with E-state index in [1.165, 1.54) is 51.4 Å². The van der Waals surface area contributed by atoms with Gasteiger partial charge in [-0.3, -0.25) is 0 Å². The second-order valence-electron chi connectivity index (χ2n) is 5.21. The van der Waals surface area contributed by atoms with Crippen molar-refractivity contribution in [2.24, 2.45) is 0 Å². The Hall–Kier alpha value is -0.585. The predicted molar refractivity (Wildman–Crippen MR) is 83.8 cm³/mol. The normalized spacial score (nSPS) is 10.7. The van der Waals surface area contributed by atoms with Crippen molar-refractivity contribution in [1.82, 2.24) is 0 Å². The summed E-state index contributed by atoms with van der Waals surface area (Å²) in [7, 11) is 0. The quantitative estimate of drug-likeness (QED) is 0.574. The first-order valence-corrected chi connectivity index (χ1v) is 7.90. The third-order valence-corrected chi connectivity index (χ3v) is 4.01. The van der Waals surface area contributed by atoms with Crippen LogP contribution in [0.4, 0.5) is 0 Å². The van der Waals surface area contributed by atoms with Gasteiger partial charge in [0.25, 0.3) is 0 Å². The van der Waals surface area contributed by atoms with Crippen molar-refractivity contribution in [2.45, 2.75) is 79.1 Å². The molecule has 0 radical (unpaired) electrons. The van der Waals surface area contributed by atoms with Crippen LogP contribution in [0.5, 0.6) is 0 Å². The Morgan fingerprint density at radius 1 is 0.833 bits per heavy atom. The van der Waals surface area contributed by atoms with Gasteiger partial charge in [0.1, 0.15) is 0 Å². The zero-order valence-corrected chi connectivity index (χ0v) is 12.8. The molecular weight excluding hydrogens is 215 g/mol. The molecule has 100 valence electrons.